The Hall–Kier alpha value is -1.13. The van der Waals surface area contributed by atoms with Crippen molar-refractivity contribution in [1.29, 1.82) is 0 Å². The summed E-state index contributed by atoms with van der Waals surface area (Å²) < 4.78 is 5.04. The normalized spacial score (nSPS) is 12.9. The predicted octanol–water partition coefficient (Wildman–Crippen LogP) is 3.59. The van der Waals surface area contributed by atoms with E-state index < -0.39 is 0 Å². The van der Waals surface area contributed by atoms with Crippen LogP contribution in [-0.4, -0.2) is 4.98 Å². The number of hydrogen-bond donors (Lipinski definition) is 1. The molecule has 2 aromatic heterocycles. The van der Waals surface area contributed by atoms with E-state index in [0.29, 0.717) is 0 Å². The number of nitrogens with two attached hydrogens (primary N) is 1. The highest BCUT2D eigenvalue weighted by Crippen LogP contribution is 2.27. The Bertz CT molecular complexity index is 422. The smallest absolute Gasteiger partial charge is 0.126 e. The molecule has 4 heteroatoms. The van der Waals surface area contributed by atoms with Crippen molar-refractivity contribution in [1.82, 2.24) is 4.98 Å². The van der Waals surface area contributed by atoms with Gasteiger partial charge in [0.1, 0.15) is 11.3 Å². The van der Waals surface area contributed by atoms with Gasteiger partial charge in [0.2, 0.25) is 0 Å². The molecule has 0 saturated carbocycles. The van der Waals surface area contributed by atoms with Gasteiger partial charge >= 0.3 is 0 Å². The first-order valence-electron chi connectivity index (χ1n) is 5.55. The summed E-state index contributed by atoms with van der Waals surface area (Å²) in [4.78, 5) is 4.54. The Morgan fingerprint density at radius 3 is 3.12 bits per heavy atom. The van der Waals surface area contributed by atoms with E-state index in [9.17, 15) is 0 Å². The van der Waals surface area contributed by atoms with Crippen LogP contribution in [0.15, 0.2) is 28.4 Å². The van der Waals surface area contributed by atoms with E-state index >= 15 is 0 Å². The summed E-state index contributed by atoms with van der Waals surface area (Å²) in [6.07, 6.45) is 6.70. The maximum absolute atomic E-state index is 6.07. The van der Waals surface area contributed by atoms with Gasteiger partial charge in [-0.3, -0.25) is 0 Å². The highest BCUT2D eigenvalue weighted by atomic mass is 32.1. The zero-order valence-electron chi connectivity index (χ0n) is 9.35. The molecule has 3 nitrogen and oxygen atoms in total. The van der Waals surface area contributed by atoms with Gasteiger partial charge in [0.05, 0.1) is 12.0 Å². The second-order valence-electron chi connectivity index (χ2n) is 3.84. The van der Waals surface area contributed by atoms with E-state index in [0.717, 1.165) is 29.1 Å². The molecule has 0 fully saturated rings. The van der Waals surface area contributed by atoms with Crippen LogP contribution in [0.3, 0.4) is 0 Å². The van der Waals surface area contributed by atoms with Crippen molar-refractivity contribution in [2.45, 2.75) is 32.2 Å². The van der Waals surface area contributed by atoms with Crippen molar-refractivity contribution in [3.05, 3.63) is 29.7 Å². The Morgan fingerprint density at radius 1 is 1.56 bits per heavy atom. The van der Waals surface area contributed by atoms with Crippen LogP contribution >= 0.6 is 11.3 Å². The van der Waals surface area contributed by atoms with Crippen LogP contribution < -0.4 is 5.73 Å². The van der Waals surface area contributed by atoms with Crippen LogP contribution in [0, 0.1) is 0 Å². The van der Waals surface area contributed by atoms with Gasteiger partial charge in [-0.15, -0.1) is 11.3 Å². The molecular weight excluding hydrogens is 220 g/mol. The number of rotatable bonds is 5. The van der Waals surface area contributed by atoms with Crippen molar-refractivity contribution in [2.75, 3.05) is 0 Å². The number of nitrogens with zero attached hydrogens (tertiary/aromatic N) is 1. The minimum atomic E-state index is 0.0665. The van der Waals surface area contributed by atoms with E-state index in [4.69, 9.17) is 10.2 Å². The van der Waals surface area contributed by atoms with Gasteiger partial charge in [-0.2, -0.15) is 0 Å². The summed E-state index contributed by atoms with van der Waals surface area (Å²) in [5.41, 5.74) is 8.09. The molecule has 0 saturated heterocycles. The van der Waals surface area contributed by atoms with Crippen LogP contribution in [0.5, 0.6) is 0 Å². The number of furan rings is 1. The molecule has 0 aromatic carbocycles. The van der Waals surface area contributed by atoms with Crippen molar-refractivity contribution in [3.63, 3.8) is 0 Å². The summed E-state index contributed by atoms with van der Waals surface area (Å²) in [5, 5.41) is 3.03. The molecular formula is C12H16N2OS. The quantitative estimate of drug-likeness (QED) is 0.863. The lowest BCUT2D eigenvalue weighted by atomic mass is 10.1. The monoisotopic (exact) mass is 236 g/mol. The van der Waals surface area contributed by atoms with Gasteiger partial charge in [0, 0.05) is 17.0 Å². The molecule has 0 aliphatic heterocycles. The van der Waals surface area contributed by atoms with Gasteiger partial charge < -0.3 is 10.2 Å². The third-order valence-electron chi connectivity index (χ3n) is 2.54. The van der Waals surface area contributed by atoms with Crippen molar-refractivity contribution >= 4 is 11.3 Å². The second-order valence-corrected chi connectivity index (χ2v) is 4.70. The first-order chi connectivity index (χ1) is 7.81. The van der Waals surface area contributed by atoms with Crippen molar-refractivity contribution in [2.24, 2.45) is 5.73 Å². The fraction of sp³-hybridized carbons (Fsp3) is 0.417. The van der Waals surface area contributed by atoms with E-state index in [1.54, 1.807) is 23.9 Å². The Labute approximate surface area is 99.3 Å². The van der Waals surface area contributed by atoms with Crippen LogP contribution in [0.1, 0.15) is 37.9 Å². The summed E-state index contributed by atoms with van der Waals surface area (Å²) >= 11 is 1.62. The minimum Gasteiger partial charge on any atom is -0.472 e. The van der Waals surface area contributed by atoms with Crippen molar-refractivity contribution in [3.8, 4) is 10.6 Å². The van der Waals surface area contributed by atoms with Gasteiger partial charge in [-0.1, -0.05) is 19.8 Å². The molecule has 0 radical (unpaired) electrons. The third-order valence-corrected chi connectivity index (χ3v) is 3.45. The molecule has 0 aliphatic carbocycles. The van der Waals surface area contributed by atoms with Crippen LogP contribution in [0.2, 0.25) is 0 Å². The van der Waals surface area contributed by atoms with Crippen LogP contribution in [-0.2, 0) is 0 Å². The fourth-order valence-electron chi connectivity index (χ4n) is 1.55. The largest absolute Gasteiger partial charge is 0.472 e. The average molecular weight is 236 g/mol. The standard InChI is InChI=1S/C12H16N2OS/c1-2-3-4-10(13)11-8-16-12(14-11)9-5-6-15-7-9/h5-8,10H,2-4,13H2,1H3. The van der Waals surface area contributed by atoms with Crippen molar-refractivity contribution < 1.29 is 4.42 Å². The molecule has 2 aromatic rings. The first-order valence-corrected chi connectivity index (χ1v) is 6.42. The zero-order valence-corrected chi connectivity index (χ0v) is 10.2. The molecule has 86 valence electrons. The second kappa shape index (κ2) is 5.27. The van der Waals surface area contributed by atoms with Crippen LogP contribution in [0.4, 0.5) is 0 Å². The lowest BCUT2D eigenvalue weighted by Crippen LogP contribution is -2.10. The Balaban J connectivity index is 2.07. The topological polar surface area (TPSA) is 52.0 Å². The van der Waals surface area contributed by atoms with E-state index in [2.05, 4.69) is 11.9 Å². The van der Waals surface area contributed by atoms with E-state index in [-0.39, 0.29) is 6.04 Å². The molecule has 16 heavy (non-hydrogen) atoms. The number of hydrogen-bond acceptors (Lipinski definition) is 4. The predicted molar refractivity (Wildman–Crippen MR) is 66.3 cm³/mol. The molecule has 0 bridgehead atoms. The summed E-state index contributed by atoms with van der Waals surface area (Å²) in [5.74, 6) is 0. The lowest BCUT2D eigenvalue weighted by molar-refractivity contribution is 0.568. The molecule has 1 unspecified atom stereocenters. The summed E-state index contributed by atoms with van der Waals surface area (Å²) in [6, 6.07) is 1.98. The molecule has 0 spiro atoms. The molecule has 2 rings (SSSR count). The zero-order chi connectivity index (χ0) is 11.4. The van der Waals surface area contributed by atoms with E-state index in [1.807, 2.05) is 11.4 Å². The van der Waals surface area contributed by atoms with Gasteiger partial charge in [0.25, 0.3) is 0 Å². The molecule has 1 atom stereocenters. The maximum Gasteiger partial charge on any atom is 0.126 e. The number of thiazole rings is 1. The summed E-state index contributed by atoms with van der Waals surface area (Å²) in [6.45, 7) is 2.17. The lowest BCUT2D eigenvalue weighted by Gasteiger charge is -2.06. The molecule has 2 heterocycles. The Morgan fingerprint density at radius 2 is 2.44 bits per heavy atom. The van der Waals surface area contributed by atoms with Crippen LogP contribution in [0.25, 0.3) is 10.6 Å². The minimum absolute atomic E-state index is 0.0665. The van der Waals surface area contributed by atoms with Gasteiger partial charge in [-0.05, 0) is 12.5 Å². The van der Waals surface area contributed by atoms with E-state index in [1.165, 1.54) is 6.42 Å². The molecule has 0 aliphatic rings. The Kier molecular flexibility index (Phi) is 3.74. The molecule has 0 amide bonds. The summed E-state index contributed by atoms with van der Waals surface area (Å²) in [7, 11) is 0. The third kappa shape index (κ3) is 2.51. The highest BCUT2D eigenvalue weighted by molar-refractivity contribution is 7.13. The SMILES string of the molecule is CCCCC(N)c1csc(-c2ccoc2)n1. The first kappa shape index (κ1) is 11.4. The average Bonchev–Trinajstić information content (AvgIpc) is 2.94. The highest BCUT2D eigenvalue weighted by Gasteiger charge is 2.11. The van der Waals surface area contributed by atoms with Gasteiger partial charge in [0.15, 0.2) is 0 Å². The maximum atomic E-state index is 6.07. The molecule has 2 N–H and O–H groups in total. The van der Waals surface area contributed by atoms with Gasteiger partial charge in [-0.25, -0.2) is 4.98 Å². The fourth-order valence-corrected chi connectivity index (χ4v) is 2.42. The number of aromatic nitrogens is 1. The number of unbranched alkanes of at least 4 members (excludes halogenated alkanes) is 1.